The van der Waals surface area contributed by atoms with Crippen molar-refractivity contribution in [2.75, 3.05) is 6.35 Å². The van der Waals surface area contributed by atoms with E-state index in [1.807, 2.05) is 19.9 Å². The van der Waals surface area contributed by atoms with Crippen LogP contribution in [0.1, 0.15) is 25.8 Å². The number of carbonyl (C=O) groups excluding carboxylic acids is 1. The van der Waals surface area contributed by atoms with Crippen molar-refractivity contribution in [2.45, 2.75) is 38.8 Å². The van der Waals surface area contributed by atoms with Crippen molar-refractivity contribution in [3.8, 4) is 0 Å². The first-order chi connectivity index (χ1) is 11.3. The molecule has 0 aromatic heterocycles. The van der Waals surface area contributed by atoms with Gasteiger partial charge in [0.15, 0.2) is 6.10 Å². The monoisotopic (exact) mass is 356 g/mol. The number of hydrogen-bond donors (Lipinski definition) is 3. The highest BCUT2D eigenvalue weighted by Gasteiger charge is 2.33. The van der Waals surface area contributed by atoms with Crippen molar-refractivity contribution in [3.05, 3.63) is 35.9 Å². The number of aliphatic hydroxyl groups is 1. The average Bonchev–Trinajstić information content (AvgIpc) is 2.53. The number of aliphatic carboxylic acids is 1. The molecule has 0 aliphatic rings. The Morgan fingerprint density at radius 2 is 1.88 bits per heavy atom. The summed E-state index contributed by atoms with van der Waals surface area (Å²) in [6, 6.07) is 7.89. The van der Waals surface area contributed by atoms with Gasteiger partial charge in [-0.1, -0.05) is 44.2 Å². The summed E-state index contributed by atoms with van der Waals surface area (Å²) in [7, 11) is -2.41. The number of hydrogen-bond acceptors (Lipinski definition) is 5. The van der Waals surface area contributed by atoms with Gasteiger partial charge in [0.25, 0.3) is 12.3 Å². The maximum absolute atomic E-state index is 12.4. The van der Waals surface area contributed by atoms with Crippen molar-refractivity contribution in [2.24, 2.45) is 5.92 Å². The second kappa shape index (κ2) is 10.1. The smallest absolute Gasteiger partial charge is 0.480 e. The summed E-state index contributed by atoms with van der Waals surface area (Å²) in [5.41, 5.74) is 0.773. The molecule has 1 aromatic rings. The third-order valence-corrected chi connectivity index (χ3v) is 3.96. The van der Waals surface area contributed by atoms with Gasteiger partial charge in [-0.25, -0.2) is 4.79 Å². The normalized spacial score (nSPS) is 14.1. The fourth-order valence-electron chi connectivity index (χ4n) is 2.14. The van der Waals surface area contributed by atoms with Gasteiger partial charge < -0.3 is 15.5 Å². The Balaban J connectivity index is 2.85. The van der Waals surface area contributed by atoms with Gasteiger partial charge in [-0.2, -0.15) is 0 Å². The Morgan fingerprint density at radius 1 is 1.25 bits per heavy atom. The Hall–Kier alpha value is -1.82. The summed E-state index contributed by atoms with van der Waals surface area (Å²) >= 11 is 0. The lowest BCUT2D eigenvalue weighted by Gasteiger charge is -2.19. The Bertz CT molecular complexity index is 563. The van der Waals surface area contributed by atoms with Crippen LogP contribution in [-0.2, 0) is 25.1 Å². The zero-order chi connectivity index (χ0) is 18.1. The summed E-state index contributed by atoms with van der Waals surface area (Å²) in [5.74, 6) is -1.72. The van der Waals surface area contributed by atoms with E-state index in [4.69, 9.17) is 9.63 Å². The van der Waals surface area contributed by atoms with E-state index in [-0.39, 0.29) is 18.8 Å². The molecule has 132 valence electrons. The second-order valence-electron chi connectivity index (χ2n) is 5.79. The van der Waals surface area contributed by atoms with Gasteiger partial charge >= 0.3 is 14.0 Å². The predicted molar refractivity (Wildman–Crippen MR) is 88.7 cm³/mol. The first-order valence-corrected chi connectivity index (χ1v) is 8.99. The van der Waals surface area contributed by atoms with Crippen LogP contribution >= 0.6 is 8.03 Å². The van der Waals surface area contributed by atoms with E-state index in [0.29, 0.717) is 0 Å². The van der Waals surface area contributed by atoms with Gasteiger partial charge in [0.1, 0.15) is 6.04 Å². The number of amides is 1. The molecule has 0 aliphatic carbocycles. The molecule has 3 N–H and O–H groups in total. The van der Waals surface area contributed by atoms with Crippen LogP contribution in [0.5, 0.6) is 0 Å². The molecule has 1 amide bonds. The molecule has 7 nitrogen and oxygen atoms in total. The molecule has 1 unspecified atom stereocenters. The van der Waals surface area contributed by atoms with Gasteiger partial charge in [0.2, 0.25) is 0 Å². The average molecular weight is 356 g/mol. The fraction of sp³-hybridized carbons (Fsp3) is 0.500. The zero-order valence-electron chi connectivity index (χ0n) is 13.7. The SMILES string of the molecule is CC(C)C[C@H](NC(=O)[C@H](Cc1ccccc1)O[P+](=O)CO)C(=O)O. The highest BCUT2D eigenvalue weighted by atomic mass is 31.1. The molecule has 24 heavy (non-hydrogen) atoms. The van der Waals surface area contributed by atoms with Crippen LogP contribution < -0.4 is 5.32 Å². The summed E-state index contributed by atoms with van der Waals surface area (Å²) in [6.07, 6.45) is -1.45. The van der Waals surface area contributed by atoms with Crippen LogP contribution in [-0.4, -0.2) is 40.6 Å². The molecular formula is C16H23NO6P+. The van der Waals surface area contributed by atoms with Crippen LogP contribution in [0.3, 0.4) is 0 Å². The Morgan fingerprint density at radius 3 is 2.38 bits per heavy atom. The molecule has 0 radical (unpaired) electrons. The molecule has 1 rings (SSSR count). The van der Waals surface area contributed by atoms with E-state index < -0.39 is 38.4 Å². The van der Waals surface area contributed by atoms with Crippen molar-refractivity contribution in [1.29, 1.82) is 0 Å². The fourth-order valence-corrected chi connectivity index (χ4v) is 2.66. The minimum Gasteiger partial charge on any atom is -0.480 e. The van der Waals surface area contributed by atoms with Crippen molar-refractivity contribution >= 4 is 19.9 Å². The van der Waals surface area contributed by atoms with Gasteiger partial charge in [-0.15, -0.1) is 4.52 Å². The van der Waals surface area contributed by atoms with E-state index in [1.165, 1.54) is 0 Å². The van der Waals surface area contributed by atoms with Crippen LogP contribution in [0.2, 0.25) is 0 Å². The number of carboxylic acids is 1. The minimum atomic E-state index is -2.41. The third kappa shape index (κ3) is 7.17. The number of carboxylic acid groups (broad SMARTS) is 1. The van der Waals surface area contributed by atoms with E-state index in [2.05, 4.69) is 5.32 Å². The van der Waals surface area contributed by atoms with Gasteiger partial charge in [0, 0.05) is 6.42 Å². The maximum atomic E-state index is 12.4. The van der Waals surface area contributed by atoms with Gasteiger partial charge in [-0.3, -0.25) is 4.79 Å². The molecule has 0 saturated heterocycles. The number of aliphatic hydroxyl groups excluding tert-OH is 1. The summed E-state index contributed by atoms with van der Waals surface area (Å²) < 4.78 is 16.6. The highest BCUT2D eigenvalue weighted by Crippen LogP contribution is 2.24. The summed E-state index contributed by atoms with van der Waals surface area (Å²) in [6.45, 7) is 3.70. The summed E-state index contributed by atoms with van der Waals surface area (Å²) in [5, 5.41) is 20.5. The molecule has 0 saturated carbocycles. The number of benzene rings is 1. The molecule has 0 fully saturated rings. The Kier molecular flexibility index (Phi) is 8.54. The number of carbonyl (C=O) groups is 2. The first kappa shape index (κ1) is 20.2. The van der Waals surface area contributed by atoms with Crippen molar-refractivity contribution in [1.82, 2.24) is 5.32 Å². The quantitative estimate of drug-likeness (QED) is 0.552. The van der Waals surface area contributed by atoms with Crippen LogP contribution in [0, 0.1) is 5.92 Å². The third-order valence-electron chi connectivity index (χ3n) is 3.24. The molecule has 0 bridgehead atoms. The molecule has 3 atom stereocenters. The molecule has 1 aromatic carbocycles. The number of nitrogens with one attached hydrogen (secondary N) is 1. The van der Waals surface area contributed by atoms with E-state index in [9.17, 15) is 19.3 Å². The van der Waals surface area contributed by atoms with Crippen molar-refractivity contribution in [3.63, 3.8) is 0 Å². The first-order valence-electron chi connectivity index (χ1n) is 7.62. The molecule has 0 spiro atoms. The molecule has 0 heterocycles. The lowest BCUT2D eigenvalue weighted by molar-refractivity contribution is -0.143. The molecule has 0 aliphatic heterocycles. The zero-order valence-corrected chi connectivity index (χ0v) is 14.6. The maximum Gasteiger partial charge on any atom is 0.537 e. The standard InChI is InChI=1S/C16H22NO6P/c1-11(2)8-13(16(20)21)17-15(19)14(23-24(22)10-18)9-12-6-4-3-5-7-12/h3-7,11,13-14,18H,8-10H2,1-2H3,(H-,17,19,20,21)/p+1/t13-,14-/m0/s1. The van der Waals surface area contributed by atoms with E-state index in [1.54, 1.807) is 24.3 Å². The second-order valence-corrected chi connectivity index (χ2v) is 6.95. The van der Waals surface area contributed by atoms with Gasteiger partial charge in [0.05, 0.1) is 0 Å². The lowest BCUT2D eigenvalue weighted by atomic mass is 10.0. The number of rotatable bonds is 10. The predicted octanol–water partition coefficient (Wildman–Crippen LogP) is 1.92. The van der Waals surface area contributed by atoms with E-state index in [0.717, 1.165) is 5.56 Å². The Labute approximate surface area is 141 Å². The minimum absolute atomic E-state index is 0.0777. The topological polar surface area (TPSA) is 113 Å². The molecule has 8 heteroatoms. The van der Waals surface area contributed by atoms with Gasteiger partial charge in [-0.05, 0) is 22.5 Å². The molecular weight excluding hydrogens is 333 g/mol. The lowest BCUT2D eigenvalue weighted by Crippen LogP contribution is -2.47. The van der Waals surface area contributed by atoms with Crippen LogP contribution in [0.25, 0.3) is 0 Å². The van der Waals surface area contributed by atoms with Crippen LogP contribution in [0.4, 0.5) is 0 Å². The highest BCUT2D eigenvalue weighted by molar-refractivity contribution is 7.38. The summed E-state index contributed by atoms with van der Waals surface area (Å²) in [4.78, 5) is 23.7. The largest absolute Gasteiger partial charge is 0.537 e. The van der Waals surface area contributed by atoms with Crippen molar-refractivity contribution < 1.29 is 28.9 Å². The van der Waals surface area contributed by atoms with Crippen LogP contribution in [0.15, 0.2) is 30.3 Å². The van der Waals surface area contributed by atoms with E-state index >= 15 is 0 Å².